The van der Waals surface area contributed by atoms with Crippen molar-refractivity contribution < 1.29 is 19.0 Å². The Bertz CT molecular complexity index is 561. The molecule has 1 aliphatic carbocycles. The average Bonchev–Trinajstić information content (AvgIpc) is 2.83. The number of rotatable bonds is 3. The van der Waals surface area contributed by atoms with Crippen LogP contribution in [0.4, 0.5) is 0 Å². The molecule has 4 heteroatoms. The van der Waals surface area contributed by atoms with Gasteiger partial charge in [-0.3, -0.25) is 0 Å². The van der Waals surface area contributed by atoms with Gasteiger partial charge in [0.25, 0.3) is 0 Å². The van der Waals surface area contributed by atoms with Crippen molar-refractivity contribution in [3.8, 4) is 5.75 Å². The predicted octanol–water partition coefficient (Wildman–Crippen LogP) is 2.79. The van der Waals surface area contributed by atoms with Crippen LogP contribution in [-0.2, 0) is 14.3 Å². The number of carbonyl (C=O) groups is 1. The summed E-state index contributed by atoms with van der Waals surface area (Å²) in [5.41, 5.74) is 3.07. The minimum absolute atomic E-state index is 0.212. The highest BCUT2D eigenvalue weighted by Crippen LogP contribution is 2.42. The van der Waals surface area contributed by atoms with Crippen LogP contribution in [0.25, 0.3) is 0 Å². The van der Waals surface area contributed by atoms with Crippen LogP contribution in [-0.4, -0.2) is 26.5 Å². The standard InChI is InChI=1S/C16H18O4/c1-18-12-5-3-4-10(8-12)11-6-7-13-14(9-11)16(19-2)20-15(13)17/h3-5,8,11,16H,6-7,9H2,1-2H3. The van der Waals surface area contributed by atoms with Crippen LogP contribution in [0.15, 0.2) is 35.4 Å². The van der Waals surface area contributed by atoms with Crippen LogP contribution in [0.2, 0.25) is 0 Å². The highest BCUT2D eigenvalue weighted by atomic mass is 16.7. The quantitative estimate of drug-likeness (QED) is 0.795. The van der Waals surface area contributed by atoms with E-state index in [1.165, 1.54) is 5.56 Å². The first-order valence-corrected chi connectivity index (χ1v) is 6.82. The number of ether oxygens (including phenoxy) is 3. The van der Waals surface area contributed by atoms with E-state index in [-0.39, 0.29) is 5.97 Å². The third-order valence-electron chi connectivity index (χ3n) is 4.12. The van der Waals surface area contributed by atoms with E-state index in [0.29, 0.717) is 5.92 Å². The summed E-state index contributed by atoms with van der Waals surface area (Å²) in [5, 5.41) is 0. The third-order valence-corrected chi connectivity index (χ3v) is 4.12. The van der Waals surface area contributed by atoms with Crippen molar-refractivity contribution in [2.75, 3.05) is 14.2 Å². The molecule has 3 rings (SSSR count). The second-order valence-electron chi connectivity index (χ2n) is 5.19. The molecule has 1 aromatic rings. The van der Waals surface area contributed by atoms with Gasteiger partial charge in [-0.2, -0.15) is 0 Å². The number of esters is 1. The molecule has 2 aliphatic rings. The number of cyclic esters (lactones) is 1. The zero-order chi connectivity index (χ0) is 14.1. The van der Waals surface area contributed by atoms with Gasteiger partial charge in [0.2, 0.25) is 6.29 Å². The monoisotopic (exact) mass is 274 g/mol. The second kappa shape index (κ2) is 5.29. The molecule has 0 saturated carbocycles. The molecule has 2 unspecified atom stereocenters. The van der Waals surface area contributed by atoms with E-state index in [1.54, 1.807) is 14.2 Å². The molecule has 20 heavy (non-hydrogen) atoms. The van der Waals surface area contributed by atoms with Crippen LogP contribution >= 0.6 is 0 Å². The average molecular weight is 274 g/mol. The van der Waals surface area contributed by atoms with E-state index in [2.05, 4.69) is 12.1 Å². The van der Waals surface area contributed by atoms with Gasteiger partial charge >= 0.3 is 5.97 Å². The molecule has 1 heterocycles. The van der Waals surface area contributed by atoms with Gasteiger partial charge in [-0.25, -0.2) is 4.79 Å². The normalized spacial score (nSPS) is 25.4. The molecule has 1 aromatic carbocycles. The maximum atomic E-state index is 11.7. The number of carbonyl (C=O) groups excluding carboxylic acids is 1. The van der Waals surface area contributed by atoms with Crippen LogP contribution < -0.4 is 4.74 Å². The number of hydrogen-bond donors (Lipinski definition) is 0. The van der Waals surface area contributed by atoms with Crippen LogP contribution in [0, 0.1) is 0 Å². The Balaban J connectivity index is 1.85. The number of methoxy groups -OCH3 is 2. The third kappa shape index (κ3) is 2.20. The Morgan fingerprint density at radius 2 is 2.15 bits per heavy atom. The van der Waals surface area contributed by atoms with Crippen molar-refractivity contribution in [2.24, 2.45) is 0 Å². The number of hydrogen-bond acceptors (Lipinski definition) is 4. The van der Waals surface area contributed by atoms with Crippen LogP contribution in [0.5, 0.6) is 5.75 Å². The molecule has 106 valence electrons. The van der Waals surface area contributed by atoms with Crippen LogP contribution in [0.1, 0.15) is 30.7 Å². The molecule has 0 fully saturated rings. The predicted molar refractivity (Wildman–Crippen MR) is 73.5 cm³/mol. The maximum Gasteiger partial charge on any atom is 0.336 e. The van der Waals surface area contributed by atoms with Gasteiger partial charge in [-0.15, -0.1) is 0 Å². The molecule has 0 saturated heterocycles. The van der Waals surface area contributed by atoms with Gasteiger partial charge in [0, 0.05) is 18.3 Å². The maximum absolute atomic E-state index is 11.7. The van der Waals surface area contributed by atoms with Crippen molar-refractivity contribution in [3.05, 3.63) is 41.0 Å². The summed E-state index contributed by atoms with van der Waals surface area (Å²) in [6, 6.07) is 8.12. The fraction of sp³-hybridized carbons (Fsp3) is 0.438. The van der Waals surface area contributed by atoms with Gasteiger partial charge in [-0.1, -0.05) is 12.1 Å². The van der Waals surface area contributed by atoms with Crippen molar-refractivity contribution in [1.82, 2.24) is 0 Å². The van der Waals surface area contributed by atoms with Gasteiger partial charge in [0.15, 0.2) is 0 Å². The smallest absolute Gasteiger partial charge is 0.336 e. The molecule has 1 aliphatic heterocycles. The molecule has 0 bridgehead atoms. The molecule has 0 N–H and O–H groups in total. The zero-order valence-electron chi connectivity index (χ0n) is 11.7. The molecule has 2 atom stereocenters. The lowest BCUT2D eigenvalue weighted by atomic mass is 9.80. The van der Waals surface area contributed by atoms with Gasteiger partial charge < -0.3 is 14.2 Å². The molecule has 0 aromatic heterocycles. The zero-order valence-corrected chi connectivity index (χ0v) is 11.7. The topological polar surface area (TPSA) is 44.8 Å². The summed E-state index contributed by atoms with van der Waals surface area (Å²) in [6.45, 7) is 0. The molecule has 0 spiro atoms. The van der Waals surface area contributed by atoms with E-state index in [9.17, 15) is 4.79 Å². The Kier molecular flexibility index (Phi) is 3.49. The van der Waals surface area contributed by atoms with Gasteiger partial charge in [-0.05, 0) is 42.9 Å². The molecule has 0 radical (unpaired) electrons. The molecular weight excluding hydrogens is 256 g/mol. The molecular formula is C16H18O4. The van der Waals surface area contributed by atoms with E-state index in [4.69, 9.17) is 14.2 Å². The Hall–Kier alpha value is -1.81. The summed E-state index contributed by atoms with van der Waals surface area (Å²) in [5.74, 6) is 1.04. The Morgan fingerprint density at radius 3 is 2.90 bits per heavy atom. The largest absolute Gasteiger partial charge is 0.497 e. The van der Waals surface area contributed by atoms with E-state index in [0.717, 1.165) is 36.2 Å². The summed E-state index contributed by atoms with van der Waals surface area (Å²) < 4.78 is 15.8. The van der Waals surface area contributed by atoms with Crippen molar-refractivity contribution in [3.63, 3.8) is 0 Å². The minimum Gasteiger partial charge on any atom is -0.497 e. The second-order valence-corrected chi connectivity index (χ2v) is 5.19. The first-order chi connectivity index (χ1) is 9.72. The highest BCUT2D eigenvalue weighted by Gasteiger charge is 2.38. The summed E-state index contributed by atoms with van der Waals surface area (Å²) in [7, 11) is 3.24. The van der Waals surface area contributed by atoms with E-state index in [1.807, 2.05) is 12.1 Å². The SMILES string of the molecule is COc1cccc(C2CCC3=C(C2)C(OC)OC3=O)c1. The van der Waals surface area contributed by atoms with Crippen LogP contribution in [0.3, 0.4) is 0 Å². The van der Waals surface area contributed by atoms with Crippen molar-refractivity contribution in [2.45, 2.75) is 31.5 Å². The summed E-state index contributed by atoms with van der Waals surface area (Å²) in [4.78, 5) is 11.7. The fourth-order valence-electron chi connectivity index (χ4n) is 3.05. The van der Waals surface area contributed by atoms with E-state index >= 15 is 0 Å². The Morgan fingerprint density at radius 1 is 1.30 bits per heavy atom. The summed E-state index contributed by atoms with van der Waals surface area (Å²) in [6.07, 6.45) is 2.03. The lowest BCUT2D eigenvalue weighted by Crippen LogP contribution is -2.16. The number of benzene rings is 1. The van der Waals surface area contributed by atoms with Gasteiger partial charge in [0.05, 0.1) is 7.11 Å². The van der Waals surface area contributed by atoms with Crippen molar-refractivity contribution >= 4 is 5.97 Å². The first kappa shape index (κ1) is 13.2. The van der Waals surface area contributed by atoms with Gasteiger partial charge in [0.1, 0.15) is 5.75 Å². The Labute approximate surface area is 118 Å². The lowest BCUT2D eigenvalue weighted by molar-refractivity contribution is -0.156. The van der Waals surface area contributed by atoms with E-state index < -0.39 is 6.29 Å². The summed E-state index contributed by atoms with van der Waals surface area (Å²) >= 11 is 0. The highest BCUT2D eigenvalue weighted by molar-refractivity contribution is 5.92. The molecule has 0 amide bonds. The molecule has 4 nitrogen and oxygen atoms in total. The first-order valence-electron chi connectivity index (χ1n) is 6.82. The fourth-order valence-corrected chi connectivity index (χ4v) is 3.05. The lowest BCUT2D eigenvalue weighted by Gasteiger charge is -2.24. The van der Waals surface area contributed by atoms with Crippen molar-refractivity contribution in [1.29, 1.82) is 0 Å². The minimum atomic E-state index is -0.495.